The summed E-state index contributed by atoms with van der Waals surface area (Å²) in [5, 5.41) is 11.3. The number of aryl methyl sites for hydroxylation is 2. The number of hydrogen-bond donors (Lipinski definition) is 1. The number of hydrogen-bond acceptors (Lipinski definition) is 5. The van der Waals surface area contributed by atoms with E-state index in [4.69, 9.17) is 4.52 Å². The summed E-state index contributed by atoms with van der Waals surface area (Å²) >= 11 is 0. The molecule has 2 aromatic rings. The van der Waals surface area contributed by atoms with Crippen molar-refractivity contribution in [3.8, 4) is 0 Å². The van der Waals surface area contributed by atoms with E-state index in [9.17, 15) is 0 Å². The van der Waals surface area contributed by atoms with Crippen molar-refractivity contribution in [1.82, 2.24) is 25.2 Å². The van der Waals surface area contributed by atoms with E-state index in [0.29, 0.717) is 13.1 Å². The Labute approximate surface area is 100 Å². The SMILES string of the molecule is CCCn1ncnc1CNCc1cc(C)no1. The minimum atomic E-state index is 0.653. The van der Waals surface area contributed by atoms with E-state index >= 15 is 0 Å². The summed E-state index contributed by atoms with van der Waals surface area (Å²) in [5.74, 6) is 1.78. The summed E-state index contributed by atoms with van der Waals surface area (Å²) in [6, 6.07) is 1.92. The van der Waals surface area contributed by atoms with E-state index in [1.54, 1.807) is 6.33 Å². The fourth-order valence-electron chi connectivity index (χ4n) is 1.62. The van der Waals surface area contributed by atoms with Gasteiger partial charge < -0.3 is 9.84 Å². The van der Waals surface area contributed by atoms with Gasteiger partial charge in [-0.05, 0) is 13.3 Å². The molecule has 0 aliphatic rings. The maximum absolute atomic E-state index is 5.11. The third-order valence-corrected chi connectivity index (χ3v) is 2.39. The van der Waals surface area contributed by atoms with Gasteiger partial charge in [-0.15, -0.1) is 0 Å². The second kappa shape index (κ2) is 5.58. The van der Waals surface area contributed by atoms with Gasteiger partial charge in [-0.2, -0.15) is 5.10 Å². The molecule has 0 aromatic carbocycles. The van der Waals surface area contributed by atoms with Crippen LogP contribution in [-0.2, 0) is 19.6 Å². The first-order valence-corrected chi connectivity index (χ1v) is 5.79. The van der Waals surface area contributed by atoms with Crippen LogP contribution in [0.25, 0.3) is 0 Å². The Morgan fingerprint density at radius 1 is 1.41 bits per heavy atom. The number of aromatic nitrogens is 4. The van der Waals surface area contributed by atoms with Crippen molar-refractivity contribution < 1.29 is 4.52 Å². The first kappa shape index (κ1) is 11.8. The van der Waals surface area contributed by atoms with Crippen LogP contribution in [0.4, 0.5) is 0 Å². The highest BCUT2D eigenvalue weighted by atomic mass is 16.5. The van der Waals surface area contributed by atoms with Crippen LogP contribution in [0.2, 0.25) is 0 Å². The van der Waals surface area contributed by atoms with E-state index in [1.807, 2.05) is 17.7 Å². The van der Waals surface area contributed by atoms with Gasteiger partial charge in [0.05, 0.1) is 18.8 Å². The van der Waals surface area contributed by atoms with Gasteiger partial charge in [0.25, 0.3) is 0 Å². The van der Waals surface area contributed by atoms with Crippen LogP contribution >= 0.6 is 0 Å². The van der Waals surface area contributed by atoms with Gasteiger partial charge in [0.15, 0.2) is 5.76 Å². The quantitative estimate of drug-likeness (QED) is 0.816. The molecule has 0 bridgehead atoms. The van der Waals surface area contributed by atoms with E-state index < -0.39 is 0 Å². The first-order valence-electron chi connectivity index (χ1n) is 5.79. The number of nitrogens with zero attached hydrogens (tertiary/aromatic N) is 4. The summed E-state index contributed by atoms with van der Waals surface area (Å²) in [4.78, 5) is 4.21. The zero-order valence-corrected chi connectivity index (χ0v) is 10.2. The molecule has 6 nitrogen and oxygen atoms in total. The molecule has 0 unspecified atom stereocenters. The average Bonchev–Trinajstić information content (AvgIpc) is 2.90. The largest absolute Gasteiger partial charge is 0.360 e. The molecular weight excluding hydrogens is 218 g/mol. The zero-order chi connectivity index (χ0) is 12.1. The summed E-state index contributed by atoms with van der Waals surface area (Å²) in [6.07, 6.45) is 2.64. The average molecular weight is 235 g/mol. The summed E-state index contributed by atoms with van der Waals surface area (Å²) in [7, 11) is 0. The molecule has 0 fully saturated rings. The van der Waals surface area contributed by atoms with Crippen LogP contribution in [0.3, 0.4) is 0 Å². The third-order valence-electron chi connectivity index (χ3n) is 2.39. The van der Waals surface area contributed by atoms with Crippen LogP contribution in [0.5, 0.6) is 0 Å². The predicted molar refractivity (Wildman–Crippen MR) is 62.1 cm³/mol. The van der Waals surface area contributed by atoms with E-state index in [-0.39, 0.29) is 0 Å². The molecule has 0 spiro atoms. The lowest BCUT2D eigenvalue weighted by Crippen LogP contribution is -2.17. The molecule has 0 amide bonds. The normalized spacial score (nSPS) is 10.9. The molecule has 6 heteroatoms. The summed E-state index contributed by atoms with van der Waals surface area (Å²) < 4.78 is 7.02. The van der Waals surface area contributed by atoms with Crippen LogP contribution in [-0.4, -0.2) is 19.9 Å². The Balaban J connectivity index is 1.83. The molecule has 0 aliphatic heterocycles. The van der Waals surface area contributed by atoms with Gasteiger partial charge in [-0.1, -0.05) is 12.1 Å². The molecule has 2 rings (SSSR count). The Bertz CT molecular complexity index is 462. The Kier molecular flexibility index (Phi) is 3.87. The van der Waals surface area contributed by atoms with E-state index in [1.165, 1.54) is 0 Å². The fourth-order valence-corrected chi connectivity index (χ4v) is 1.62. The summed E-state index contributed by atoms with van der Waals surface area (Å²) in [5.41, 5.74) is 0.899. The second-order valence-corrected chi connectivity index (χ2v) is 3.94. The molecule has 0 aliphatic carbocycles. The topological polar surface area (TPSA) is 68.8 Å². The Morgan fingerprint density at radius 2 is 2.29 bits per heavy atom. The molecule has 2 heterocycles. The van der Waals surface area contributed by atoms with Crippen molar-refractivity contribution in [2.75, 3.05) is 0 Å². The predicted octanol–water partition coefficient (Wildman–Crippen LogP) is 1.27. The van der Waals surface area contributed by atoms with Crippen molar-refractivity contribution in [3.05, 3.63) is 29.7 Å². The smallest absolute Gasteiger partial charge is 0.150 e. The maximum atomic E-state index is 5.11. The first-order chi connectivity index (χ1) is 8.29. The molecule has 0 atom stereocenters. The lowest BCUT2D eigenvalue weighted by molar-refractivity contribution is 0.368. The maximum Gasteiger partial charge on any atom is 0.150 e. The lowest BCUT2D eigenvalue weighted by atomic mass is 10.4. The van der Waals surface area contributed by atoms with Crippen molar-refractivity contribution in [1.29, 1.82) is 0 Å². The highest BCUT2D eigenvalue weighted by Gasteiger charge is 2.04. The molecule has 92 valence electrons. The van der Waals surface area contributed by atoms with Crippen LogP contribution in [0.15, 0.2) is 16.9 Å². The minimum Gasteiger partial charge on any atom is -0.360 e. The van der Waals surface area contributed by atoms with Crippen molar-refractivity contribution in [3.63, 3.8) is 0 Å². The molecule has 1 N–H and O–H groups in total. The van der Waals surface area contributed by atoms with Crippen LogP contribution in [0.1, 0.15) is 30.6 Å². The molecule has 0 radical (unpaired) electrons. The minimum absolute atomic E-state index is 0.653. The van der Waals surface area contributed by atoms with E-state index in [2.05, 4.69) is 27.5 Å². The van der Waals surface area contributed by atoms with Gasteiger partial charge >= 0.3 is 0 Å². The van der Waals surface area contributed by atoms with Gasteiger partial charge in [0, 0.05) is 12.6 Å². The lowest BCUT2D eigenvalue weighted by Gasteiger charge is -2.04. The van der Waals surface area contributed by atoms with Crippen LogP contribution in [0, 0.1) is 6.92 Å². The van der Waals surface area contributed by atoms with Gasteiger partial charge in [-0.25, -0.2) is 9.67 Å². The van der Waals surface area contributed by atoms with Gasteiger partial charge in [-0.3, -0.25) is 0 Å². The molecule has 17 heavy (non-hydrogen) atoms. The molecule has 0 saturated heterocycles. The van der Waals surface area contributed by atoms with Crippen molar-refractivity contribution in [2.45, 2.75) is 39.9 Å². The van der Waals surface area contributed by atoms with Gasteiger partial charge in [0.1, 0.15) is 12.2 Å². The fraction of sp³-hybridized carbons (Fsp3) is 0.545. The molecule has 2 aromatic heterocycles. The highest BCUT2D eigenvalue weighted by molar-refractivity contribution is 5.02. The highest BCUT2D eigenvalue weighted by Crippen LogP contribution is 2.02. The third kappa shape index (κ3) is 3.13. The molecule has 0 saturated carbocycles. The van der Waals surface area contributed by atoms with Gasteiger partial charge in [0.2, 0.25) is 0 Å². The summed E-state index contributed by atoms with van der Waals surface area (Å²) in [6.45, 7) is 6.26. The monoisotopic (exact) mass is 235 g/mol. The number of rotatable bonds is 6. The number of nitrogens with one attached hydrogen (secondary N) is 1. The molecular formula is C11H17N5O. The van der Waals surface area contributed by atoms with Crippen molar-refractivity contribution >= 4 is 0 Å². The standard InChI is InChI=1S/C11H17N5O/c1-3-4-16-11(13-8-14-16)7-12-6-10-5-9(2)15-17-10/h5,8,12H,3-4,6-7H2,1-2H3. The van der Waals surface area contributed by atoms with Crippen molar-refractivity contribution in [2.24, 2.45) is 0 Å². The second-order valence-electron chi connectivity index (χ2n) is 3.94. The zero-order valence-electron chi connectivity index (χ0n) is 10.2. The van der Waals surface area contributed by atoms with Crippen LogP contribution < -0.4 is 5.32 Å². The van der Waals surface area contributed by atoms with E-state index in [0.717, 1.165) is 30.2 Å². The Hall–Kier alpha value is -1.69. The Morgan fingerprint density at radius 3 is 3.00 bits per heavy atom.